The number of fused-ring (bicyclic) bond motifs is 1. The summed E-state index contributed by atoms with van der Waals surface area (Å²) in [6.45, 7) is 2.71. The molecular formula is C43H50N5O7+. The van der Waals surface area contributed by atoms with E-state index in [1.807, 2.05) is 66.7 Å². The number of phenols is 1. The minimum Gasteiger partial charge on any atom is -0.506 e. The van der Waals surface area contributed by atoms with E-state index in [1.165, 1.54) is 12.1 Å². The van der Waals surface area contributed by atoms with Crippen LogP contribution in [0, 0.1) is 0 Å². The van der Waals surface area contributed by atoms with Crippen molar-refractivity contribution in [2.45, 2.75) is 44.3 Å². The molecule has 12 heteroatoms. The molecule has 0 saturated carbocycles. The van der Waals surface area contributed by atoms with Crippen molar-refractivity contribution in [3.8, 4) is 22.6 Å². The summed E-state index contributed by atoms with van der Waals surface area (Å²) in [5, 5.41) is 30.9. The molecule has 6 N–H and O–H groups in total. The second kappa shape index (κ2) is 17.6. The van der Waals surface area contributed by atoms with Gasteiger partial charge in [-0.25, -0.2) is 4.79 Å². The van der Waals surface area contributed by atoms with Crippen LogP contribution in [0.25, 0.3) is 22.0 Å². The van der Waals surface area contributed by atoms with Gasteiger partial charge in [0.15, 0.2) is 0 Å². The van der Waals surface area contributed by atoms with Crippen molar-refractivity contribution in [3.63, 3.8) is 0 Å². The van der Waals surface area contributed by atoms with Gasteiger partial charge in [-0.3, -0.25) is 14.9 Å². The maximum Gasteiger partial charge on any atom is 0.411 e. The standard InChI is InChI=1S/C43H49N5O7/c1-48(2)23-20-31(21-24-48)55-43(53)46-35-25-28(9-12-32(35)30-7-5-4-6-8-30)11-17-40(51)45-36-26-29(10-16-39(36)54-3)19-22-44-27-38(50)33-13-15-37(49)42-34(33)14-18-41(52)47-42/h4-10,12-16,18,25-26,31,38,44,50H,11,17,19-24,27H2,1-3H3,(H3-,45,46,47,49,51,52,53)/p+1/t38-/m0/s1. The number of hydrogen-bond acceptors (Lipinski definition) is 8. The van der Waals surface area contributed by atoms with Crippen molar-refractivity contribution < 1.29 is 33.8 Å². The van der Waals surface area contributed by atoms with Crippen molar-refractivity contribution in [3.05, 3.63) is 118 Å². The van der Waals surface area contributed by atoms with Crippen LogP contribution in [0.5, 0.6) is 11.5 Å². The van der Waals surface area contributed by atoms with E-state index in [0.29, 0.717) is 47.5 Å². The van der Waals surface area contributed by atoms with Gasteiger partial charge >= 0.3 is 6.09 Å². The molecule has 12 nitrogen and oxygen atoms in total. The summed E-state index contributed by atoms with van der Waals surface area (Å²) in [5.74, 6) is 0.296. The third-order valence-corrected chi connectivity index (χ3v) is 10.2. The summed E-state index contributed by atoms with van der Waals surface area (Å²) in [5.41, 5.74) is 5.41. The van der Waals surface area contributed by atoms with Gasteiger partial charge in [0.2, 0.25) is 11.5 Å². The molecule has 2 heterocycles. The van der Waals surface area contributed by atoms with Crippen LogP contribution in [0.3, 0.4) is 0 Å². The van der Waals surface area contributed by atoms with Crippen molar-refractivity contribution >= 4 is 34.3 Å². The predicted octanol–water partition coefficient (Wildman–Crippen LogP) is 6.13. The first-order chi connectivity index (χ1) is 26.5. The van der Waals surface area contributed by atoms with Crippen LogP contribution in [0.1, 0.15) is 42.1 Å². The van der Waals surface area contributed by atoms with E-state index in [9.17, 15) is 24.6 Å². The molecule has 1 saturated heterocycles. The molecule has 0 spiro atoms. The molecule has 55 heavy (non-hydrogen) atoms. The lowest BCUT2D eigenvalue weighted by molar-refractivity contribution is -0.896. The molecule has 2 amide bonds. The molecule has 0 radical (unpaired) electrons. The van der Waals surface area contributed by atoms with E-state index in [1.54, 1.807) is 19.2 Å². The summed E-state index contributed by atoms with van der Waals surface area (Å²) in [7, 11) is 5.93. The molecule has 1 aromatic heterocycles. The Morgan fingerprint density at radius 2 is 1.62 bits per heavy atom. The summed E-state index contributed by atoms with van der Waals surface area (Å²) in [4.78, 5) is 40.7. The number of piperidine rings is 1. The summed E-state index contributed by atoms with van der Waals surface area (Å²) in [6.07, 6.45) is 1.44. The van der Waals surface area contributed by atoms with Crippen LogP contribution in [-0.2, 0) is 22.4 Å². The van der Waals surface area contributed by atoms with E-state index in [-0.39, 0.29) is 41.8 Å². The Kier molecular flexibility index (Phi) is 12.5. The molecule has 0 unspecified atom stereocenters. The number of aliphatic hydroxyl groups excluding tert-OH is 1. The number of aromatic hydroxyl groups is 1. The van der Waals surface area contributed by atoms with E-state index in [0.717, 1.165) is 52.7 Å². The van der Waals surface area contributed by atoms with Crippen LogP contribution in [-0.4, -0.2) is 85.2 Å². The smallest absolute Gasteiger partial charge is 0.411 e. The average Bonchev–Trinajstić information content (AvgIpc) is 3.17. The number of ether oxygens (including phenoxy) is 2. The number of aromatic nitrogens is 1. The highest BCUT2D eigenvalue weighted by Gasteiger charge is 2.28. The number of aliphatic hydroxyl groups is 1. The lowest BCUT2D eigenvalue weighted by Gasteiger charge is -2.36. The SMILES string of the molecule is COc1ccc(CCNC[C@H](O)c2ccc(O)c3[nH]c(=O)ccc23)cc1NC(=O)CCc1ccc(-c2ccccc2)c(NC(=O)OC2CC[N+](C)(C)CC2)c1. The number of likely N-dealkylation sites (tertiary alicyclic amines) is 1. The van der Waals surface area contributed by atoms with Gasteiger partial charge in [-0.05, 0) is 72.0 Å². The van der Waals surface area contributed by atoms with Gasteiger partial charge in [-0.1, -0.05) is 54.6 Å². The Hall–Kier alpha value is -5.69. The van der Waals surface area contributed by atoms with E-state index in [2.05, 4.69) is 35.0 Å². The molecule has 0 aliphatic carbocycles. The highest BCUT2D eigenvalue weighted by Crippen LogP contribution is 2.32. The number of methoxy groups -OCH3 is 1. The number of carbonyl (C=O) groups is 2. The summed E-state index contributed by atoms with van der Waals surface area (Å²) < 4.78 is 12.3. The normalized spacial score (nSPS) is 14.6. The fourth-order valence-corrected chi connectivity index (χ4v) is 6.98. The van der Waals surface area contributed by atoms with E-state index < -0.39 is 12.2 Å². The highest BCUT2D eigenvalue weighted by atomic mass is 16.6. The number of amides is 2. The van der Waals surface area contributed by atoms with E-state index in [4.69, 9.17) is 9.47 Å². The Balaban J connectivity index is 1.04. The zero-order valence-corrected chi connectivity index (χ0v) is 31.6. The van der Waals surface area contributed by atoms with Gasteiger partial charge in [0, 0.05) is 42.8 Å². The number of aromatic amines is 1. The first kappa shape index (κ1) is 39.0. The number of aryl methyl sites for hydroxylation is 1. The number of phenolic OH excluding ortho intramolecular Hbond substituents is 1. The average molecular weight is 749 g/mol. The van der Waals surface area contributed by atoms with Crippen LogP contribution in [0.4, 0.5) is 16.2 Å². The Morgan fingerprint density at radius 3 is 2.38 bits per heavy atom. The Bertz CT molecular complexity index is 2180. The number of nitrogens with zero attached hydrogens (tertiary/aromatic N) is 1. The Labute approximate surface area is 320 Å². The first-order valence-corrected chi connectivity index (χ1v) is 18.7. The molecular weight excluding hydrogens is 699 g/mol. The van der Waals surface area contributed by atoms with Gasteiger partial charge < -0.3 is 39.8 Å². The minimum absolute atomic E-state index is 0.0598. The number of nitrogens with one attached hydrogen (secondary N) is 4. The molecule has 288 valence electrons. The van der Waals surface area contributed by atoms with Gasteiger partial charge in [0.1, 0.15) is 17.6 Å². The third kappa shape index (κ3) is 10.3. The quantitative estimate of drug-likeness (QED) is 0.0584. The summed E-state index contributed by atoms with van der Waals surface area (Å²) in [6, 6.07) is 27.4. The lowest BCUT2D eigenvalue weighted by atomic mass is 9.99. The molecule has 1 aliphatic rings. The van der Waals surface area contributed by atoms with Crippen LogP contribution in [0.2, 0.25) is 0 Å². The maximum atomic E-state index is 13.3. The fourth-order valence-electron chi connectivity index (χ4n) is 6.98. The summed E-state index contributed by atoms with van der Waals surface area (Å²) >= 11 is 0. The molecule has 0 bridgehead atoms. The second-order valence-electron chi connectivity index (χ2n) is 14.7. The molecule has 1 atom stereocenters. The largest absolute Gasteiger partial charge is 0.506 e. The fraction of sp³-hybridized carbons (Fsp3) is 0.326. The van der Waals surface area contributed by atoms with Crippen molar-refractivity contribution in [1.82, 2.24) is 10.3 Å². The van der Waals surface area contributed by atoms with E-state index >= 15 is 0 Å². The molecule has 5 aromatic rings. The number of benzene rings is 4. The molecule has 6 rings (SSSR count). The zero-order chi connectivity index (χ0) is 39.0. The van der Waals surface area contributed by atoms with Crippen LogP contribution in [0.15, 0.2) is 95.8 Å². The topological polar surface area (TPSA) is 162 Å². The molecule has 4 aromatic carbocycles. The Morgan fingerprint density at radius 1 is 0.891 bits per heavy atom. The second-order valence-corrected chi connectivity index (χ2v) is 14.7. The van der Waals surface area contributed by atoms with Gasteiger partial charge in [-0.15, -0.1) is 0 Å². The monoisotopic (exact) mass is 748 g/mol. The minimum atomic E-state index is -0.872. The van der Waals surface area contributed by atoms with Crippen LogP contribution >= 0.6 is 0 Å². The number of pyridine rings is 1. The maximum absolute atomic E-state index is 13.3. The number of rotatable bonds is 14. The van der Waals surface area contributed by atoms with Crippen molar-refractivity contribution in [1.29, 1.82) is 0 Å². The zero-order valence-electron chi connectivity index (χ0n) is 31.6. The van der Waals surface area contributed by atoms with Gasteiger partial charge in [-0.2, -0.15) is 0 Å². The third-order valence-electron chi connectivity index (χ3n) is 10.2. The molecule has 1 fully saturated rings. The highest BCUT2D eigenvalue weighted by molar-refractivity contribution is 5.93. The number of H-pyrrole nitrogens is 1. The number of hydrogen-bond donors (Lipinski definition) is 6. The van der Waals surface area contributed by atoms with Gasteiger partial charge in [0.25, 0.3) is 0 Å². The van der Waals surface area contributed by atoms with Crippen LogP contribution < -0.4 is 26.2 Å². The van der Waals surface area contributed by atoms with Crippen molar-refractivity contribution in [2.75, 3.05) is 58.0 Å². The number of quaternary nitrogens is 1. The lowest BCUT2D eigenvalue weighted by Crippen LogP contribution is -2.48. The predicted molar refractivity (Wildman–Crippen MR) is 215 cm³/mol. The number of anilines is 2. The first-order valence-electron chi connectivity index (χ1n) is 18.7. The van der Waals surface area contributed by atoms with Gasteiger partial charge in [0.05, 0.1) is 57.3 Å². The molecule has 1 aliphatic heterocycles. The van der Waals surface area contributed by atoms with Crippen molar-refractivity contribution in [2.24, 2.45) is 0 Å². The number of carbonyl (C=O) groups excluding carboxylic acids is 2.